The van der Waals surface area contributed by atoms with Crippen molar-refractivity contribution in [3.8, 4) is 0 Å². The van der Waals surface area contributed by atoms with Gasteiger partial charge in [-0.3, -0.25) is 9.59 Å². The van der Waals surface area contributed by atoms with Gasteiger partial charge in [-0.15, -0.1) is 0 Å². The normalized spacial score (nSPS) is 12.7. The summed E-state index contributed by atoms with van der Waals surface area (Å²) >= 11 is 3.38. The molecule has 7 heteroatoms. The average Bonchev–Trinajstić information content (AvgIpc) is 2.62. The molecule has 0 fully saturated rings. The molecule has 2 atom stereocenters. The number of amides is 2. The summed E-state index contributed by atoms with van der Waals surface area (Å²) in [7, 11) is 0. The molecule has 0 unspecified atom stereocenters. The van der Waals surface area contributed by atoms with Crippen LogP contribution in [0.5, 0.6) is 0 Å². The second-order valence-corrected chi connectivity index (χ2v) is 6.99. The molecular formula is C20H21BrN2O4. The predicted octanol–water partition coefficient (Wildman–Crippen LogP) is 2.31. The van der Waals surface area contributed by atoms with Gasteiger partial charge in [-0.05, 0) is 17.2 Å². The number of rotatable bonds is 8. The molecule has 6 nitrogen and oxygen atoms in total. The van der Waals surface area contributed by atoms with Gasteiger partial charge in [0.15, 0.2) is 0 Å². The highest BCUT2D eigenvalue weighted by Crippen LogP contribution is 2.17. The summed E-state index contributed by atoms with van der Waals surface area (Å²) in [6.07, 6.45) is 0.397. The van der Waals surface area contributed by atoms with Gasteiger partial charge < -0.3 is 15.7 Å². The quantitative estimate of drug-likeness (QED) is 0.596. The Bertz CT molecular complexity index is 811. The van der Waals surface area contributed by atoms with Gasteiger partial charge in [0, 0.05) is 24.2 Å². The third-order valence-electron chi connectivity index (χ3n) is 3.97. The van der Waals surface area contributed by atoms with Gasteiger partial charge in [-0.1, -0.05) is 64.5 Å². The van der Waals surface area contributed by atoms with Crippen LogP contribution in [-0.2, 0) is 27.2 Å². The Labute approximate surface area is 166 Å². The molecule has 0 aliphatic rings. The number of aliphatic carboxylic acids is 1. The Morgan fingerprint density at radius 3 is 2.15 bits per heavy atom. The van der Waals surface area contributed by atoms with Gasteiger partial charge in [0.1, 0.15) is 12.1 Å². The van der Waals surface area contributed by atoms with E-state index in [1.54, 1.807) is 12.1 Å². The molecule has 2 amide bonds. The fourth-order valence-electron chi connectivity index (χ4n) is 2.66. The van der Waals surface area contributed by atoms with Crippen molar-refractivity contribution < 1.29 is 19.5 Å². The van der Waals surface area contributed by atoms with E-state index in [1.807, 2.05) is 42.5 Å². The van der Waals surface area contributed by atoms with E-state index >= 15 is 0 Å². The van der Waals surface area contributed by atoms with Crippen LogP contribution in [0.2, 0.25) is 0 Å². The van der Waals surface area contributed by atoms with E-state index in [0.29, 0.717) is 0 Å². The van der Waals surface area contributed by atoms with Crippen LogP contribution in [0.25, 0.3) is 0 Å². The first kappa shape index (κ1) is 20.6. The summed E-state index contributed by atoms with van der Waals surface area (Å²) in [5.41, 5.74) is 1.63. The molecule has 2 aromatic carbocycles. The third-order valence-corrected chi connectivity index (χ3v) is 4.75. The average molecular weight is 433 g/mol. The highest BCUT2D eigenvalue weighted by molar-refractivity contribution is 9.10. The van der Waals surface area contributed by atoms with Crippen LogP contribution in [-0.4, -0.2) is 35.0 Å². The molecule has 0 aliphatic carbocycles. The number of carboxylic acid groups (broad SMARTS) is 1. The first-order valence-electron chi connectivity index (χ1n) is 8.44. The second kappa shape index (κ2) is 9.87. The molecule has 3 N–H and O–H groups in total. The van der Waals surface area contributed by atoms with Crippen LogP contribution < -0.4 is 10.6 Å². The van der Waals surface area contributed by atoms with Crippen molar-refractivity contribution in [3.05, 3.63) is 70.2 Å². The van der Waals surface area contributed by atoms with Crippen LogP contribution in [0.3, 0.4) is 0 Å². The van der Waals surface area contributed by atoms with Gasteiger partial charge in [0.05, 0.1) is 0 Å². The number of carbonyl (C=O) groups excluding carboxylic acids is 2. The SMILES string of the molecule is CC(=O)N[C@@H](Cc1ccccc1)C(=O)N[C@@H](Cc1ccccc1Br)C(=O)O. The van der Waals surface area contributed by atoms with E-state index < -0.39 is 24.0 Å². The molecule has 0 heterocycles. The van der Waals surface area contributed by atoms with Crippen molar-refractivity contribution in [2.45, 2.75) is 31.8 Å². The molecule has 0 radical (unpaired) electrons. The second-order valence-electron chi connectivity index (χ2n) is 6.14. The highest BCUT2D eigenvalue weighted by Gasteiger charge is 2.26. The van der Waals surface area contributed by atoms with Gasteiger partial charge in [-0.25, -0.2) is 4.79 Å². The van der Waals surface area contributed by atoms with Gasteiger partial charge in [0.25, 0.3) is 0 Å². The molecule has 0 aliphatic heterocycles. The van der Waals surface area contributed by atoms with E-state index in [4.69, 9.17) is 0 Å². The fraction of sp³-hybridized carbons (Fsp3) is 0.250. The number of benzene rings is 2. The molecule has 2 aromatic rings. The monoisotopic (exact) mass is 432 g/mol. The lowest BCUT2D eigenvalue weighted by Gasteiger charge is -2.21. The maximum absolute atomic E-state index is 12.7. The third kappa shape index (κ3) is 6.53. The van der Waals surface area contributed by atoms with Crippen molar-refractivity contribution in [3.63, 3.8) is 0 Å². The molecule has 2 rings (SSSR count). The summed E-state index contributed by atoms with van der Waals surface area (Å²) in [5.74, 6) is -2.03. The minimum Gasteiger partial charge on any atom is -0.480 e. The molecule has 0 bridgehead atoms. The zero-order chi connectivity index (χ0) is 19.8. The van der Waals surface area contributed by atoms with Crippen LogP contribution in [0.15, 0.2) is 59.1 Å². The largest absolute Gasteiger partial charge is 0.480 e. The van der Waals surface area contributed by atoms with Crippen molar-refractivity contribution in [1.82, 2.24) is 10.6 Å². The number of nitrogens with one attached hydrogen (secondary N) is 2. The lowest BCUT2D eigenvalue weighted by molar-refractivity contribution is -0.142. The summed E-state index contributed by atoms with van der Waals surface area (Å²) in [6.45, 7) is 1.32. The maximum Gasteiger partial charge on any atom is 0.326 e. The topological polar surface area (TPSA) is 95.5 Å². The van der Waals surface area contributed by atoms with Gasteiger partial charge in [0.2, 0.25) is 11.8 Å². The predicted molar refractivity (Wildman–Crippen MR) is 105 cm³/mol. The maximum atomic E-state index is 12.7. The minimum absolute atomic E-state index is 0.126. The molecule has 0 saturated carbocycles. The van der Waals surface area contributed by atoms with Crippen LogP contribution in [0.4, 0.5) is 0 Å². The van der Waals surface area contributed by atoms with E-state index in [1.165, 1.54) is 6.92 Å². The summed E-state index contributed by atoms with van der Waals surface area (Å²) in [6, 6.07) is 14.5. The molecule has 27 heavy (non-hydrogen) atoms. The van der Waals surface area contributed by atoms with E-state index in [-0.39, 0.29) is 18.7 Å². The van der Waals surface area contributed by atoms with E-state index in [2.05, 4.69) is 26.6 Å². The Balaban J connectivity index is 2.13. The number of hydrogen-bond donors (Lipinski definition) is 3. The van der Waals surface area contributed by atoms with Gasteiger partial charge in [-0.2, -0.15) is 0 Å². The Morgan fingerprint density at radius 1 is 0.926 bits per heavy atom. The zero-order valence-electron chi connectivity index (χ0n) is 14.8. The summed E-state index contributed by atoms with van der Waals surface area (Å²) in [4.78, 5) is 35.8. The molecule has 0 spiro atoms. The van der Waals surface area contributed by atoms with E-state index in [0.717, 1.165) is 15.6 Å². The molecular weight excluding hydrogens is 412 g/mol. The summed E-state index contributed by atoms with van der Waals surface area (Å²) in [5, 5.41) is 14.6. The Kier molecular flexibility index (Phi) is 7.55. The van der Waals surface area contributed by atoms with Crippen molar-refractivity contribution in [2.24, 2.45) is 0 Å². The number of halogens is 1. The number of carboxylic acids is 1. The molecule has 0 aromatic heterocycles. The lowest BCUT2D eigenvalue weighted by Crippen LogP contribution is -2.52. The summed E-state index contributed by atoms with van der Waals surface area (Å²) < 4.78 is 0.771. The Hall–Kier alpha value is -2.67. The van der Waals surface area contributed by atoms with Gasteiger partial charge >= 0.3 is 5.97 Å². The first-order chi connectivity index (χ1) is 12.9. The molecule has 0 saturated heterocycles. The van der Waals surface area contributed by atoms with Crippen molar-refractivity contribution in [2.75, 3.05) is 0 Å². The lowest BCUT2D eigenvalue weighted by atomic mass is 10.0. The fourth-order valence-corrected chi connectivity index (χ4v) is 3.11. The molecule has 142 valence electrons. The van der Waals surface area contributed by atoms with Crippen molar-refractivity contribution in [1.29, 1.82) is 0 Å². The Morgan fingerprint density at radius 2 is 1.56 bits per heavy atom. The first-order valence-corrected chi connectivity index (χ1v) is 9.23. The highest BCUT2D eigenvalue weighted by atomic mass is 79.9. The van der Waals surface area contributed by atoms with Crippen LogP contribution in [0.1, 0.15) is 18.1 Å². The number of carbonyl (C=O) groups is 3. The van der Waals surface area contributed by atoms with Crippen molar-refractivity contribution >= 4 is 33.7 Å². The van der Waals surface area contributed by atoms with E-state index in [9.17, 15) is 19.5 Å². The minimum atomic E-state index is -1.14. The smallest absolute Gasteiger partial charge is 0.326 e. The zero-order valence-corrected chi connectivity index (χ0v) is 16.4. The van der Waals surface area contributed by atoms with Crippen LogP contribution >= 0.6 is 15.9 Å². The van der Waals surface area contributed by atoms with Crippen LogP contribution in [0, 0.1) is 0 Å². The number of hydrogen-bond acceptors (Lipinski definition) is 3. The standard InChI is InChI=1S/C20H21BrN2O4/c1-13(24)22-17(11-14-7-3-2-4-8-14)19(25)23-18(20(26)27)12-15-9-5-6-10-16(15)21/h2-10,17-18H,11-12H2,1H3,(H,22,24)(H,23,25)(H,26,27)/t17-,18-/m0/s1.